The number of fused-ring (bicyclic) bond motifs is 1. The highest BCUT2D eigenvalue weighted by molar-refractivity contribution is 6.03. The van der Waals surface area contributed by atoms with E-state index in [1.54, 1.807) is 52.1 Å². The number of carbonyl (C=O) groups is 2. The zero-order valence-electron chi connectivity index (χ0n) is 19.9. The first kappa shape index (κ1) is 24.0. The zero-order valence-corrected chi connectivity index (χ0v) is 19.9. The van der Waals surface area contributed by atoms with Crippen molar-refractivity contribution in [2.45, 2.75) is 32.8 Å². The minimum atomic E-state index is -2.75. The van der Waals surface area contributed by atoms with E-state index >= 15 is 0 Å². The highest BCUT2D eigenvalue weighted by atomic mass is 19.3. The van der Waals surface area contributed by atoms with Crippen molar-refractivity contribution in [1.29, 1.82) is 0 Å². The second kappa shape index (κ2) is 8.90. The van der Waals surface area contributed by atoms with Gasteiger partial charge in [-0.3, -0.25) is 9.69 Å². The molecule has 182 valence electrons. The van der Waals surface area contributed by atoms with E-state index < -0.39 is 24.0 Å². The summed E-state index contributed by atoms with van der Waals surface area (Å²) in [6.07, 6.45) is -2.27. The van der Waals surface area contributed by atoms with E-state index in [1.165, 1.54) is 41.2 Å². The fraction of sp³-hybridized carbons (Fsp3) is 0.292. The average Bonchev–Trinajstić information content (AvgIpc) is 3.39. The molecule has 0 N–H and O–H groups in total. The Balaban J connectivity index is 1.90. The van der Waals surface area contributed by atoms with Gasteiger partial charge in [-0.2, -0.15) is 5.10 Å². The molecule has 0 fully saturated rings. The first-order valence-electron chi connectivity index (χ1n) is 10.7. The van der Waals surface area contributed by atoms with E-state index in [-0.39, 0.29) is 34.1 Å². The van der Waals surface area contributed by atoms with Crippen LogP contribution in [0.2, 0.25) is 0 Å². The highest BCUT2D eigenvalue weighted by Crippen LogP contribution is 2.35. The summed E-state index contributed by atoms with van der Waals surface area (Å²) >= 11 is 0. The molecular weight excluding hydrogens is 458 g/mol. The maximum atomic E-state index is 13.8. The van der Waals surface area contributed by atoms with Crippen LogP contribution in [0.25, 0.3) is 22.3 Å². The SMILES string of the molecule is CN(C(=O)c1ncnn1C)c1ccc2cc(-c3ccccc3C(F)F)n(C(=O)OC(C)(C)C)c2n1. The van der Waals surface area contributed by atoms with Gasteiger partial charge >= 0.3 is 6.09 Å². The topological polar surface area (TPSA) is 95.1 Å². The second-order valence-corrected chi connectivity index (χ2v) is 8.89. The number of rotatable bonds is 4. The number of aromatic nitrogens is 5. The number of nitrogens with zero attached hydrogens (tertiary/aromatic N) is 6. The van der Waals surface area contributed by atoms with Crippen molar-refractivity contribution in [2.75, 3.05) is 11.9 Å². The molecule has 0 saturated heterocycles. The average molecular weight is 482 g/mol. The lowest BCUT2D eigenvalue weighted by Crippen LogP contribution is -2.30. The van der Waals surface area contributed by atoms with Crippen LogP contribution >= 0.6 is 0 Å². The van der Waals surface area contributed by atoms with Gasteiger partial charge in [0.1, 0.15) is 17.7 Å². The van der Waals surface area contributed by atoms with Crippen LogP contribution in [0.1, 0.15) is 43.4 Å². The molecule has 0 bridgehead atoms. The molecule has 35 heavy (non-hydrogen) atoms. The lowest BCUT2D eigenvalue weighted by Gasteiger charge is -2.21. The fourth-order valence-corrected chi connectivity index (χ4v) is 3.61. The number of aryl methyl sites for hydroxylation is 1. The van der Waals surface area contributed by atoms with Gasteiger partial charge < -0.3 is 4.74 Å². The first-order valence-corrected chi connectivity index (χ1v) is 10.7. The Morgan fingerprint density at radius 3 is 2.46 bits per heavy atom. The van der Waals surface area contributed by atoms with Crippen LogP contribution < -0.4 is 4.90 Å². The Morgan fingerprint density at radius 1 is 1.11 bits per heavy atom. The van der Waals surface area contributed by atoms with Gasteiger partial charge in [-0.1, -0.05) is 24.3 Å². The van der Waals surface area contributed by atoms with Gasteiger partial charge in [0, 0.05) is 30.6 Å². The molecule has 3 aromatic heterocycles. The standard InChI is InChI=1S/C24H24F2N6O3/c1-24(2,3)35-23(34)32-17(15-8-6-7-9-16(15)19(25)26)12-14-10-11-18(29-20(14)32)30(4)22(33)21-27-13-28-31(21)5/h6-13,19H,1-5H3. The Kier molecular flexibility index (Phi) is 6.10. The summed E-state index contributed by atoms with van der Waals surface area (Å²) in [6.45, 7) is 5.11. The first-order chi connectivity index (χ1) is 16.5. The van der Waals surface area contributed by atoms with Crippen LogP contribution in [-0.2, 0) is 11.8 Å². The monoisotopic (exact) mass is 482 g/mol. The number of carbonyl (C=O) groups excluding carboxylic acids is 2. The van der Waals surface area contributed by atoms with E-state index in [4.69, 9.17) is 4.74 Å². The molecule has 0 unspecified atom stereocenters. The van der Waals surface area contributed by atoms with E-state index in [0.29, 0.717) is 5.39 Å². The Bertz CT molecular complexity index is 1420. The van der Waals surface area contributed by atoms with Gasteiger partial charge in [-0.15, -0.1) is 0 Å². The molecule has 0 saturated carbocycles. The normalized spacial score (nSPS) is 11.8. The maximum Gasteiger partial charge on any atom is 0.420 e. The van der Waals surface area contributed by atoms with Crippen molar-refractivity contribution >= 4 is 28.9 Å². The lowest BCUT2D eigenvalue weighted by molar-refractivity contribution is 0.0546. The quantitative estimate of drug-likeness (QED) is 0.414. The molecule has 11 heteroatoms. The summed E-state index contributed by atoms with van der Waals surface area (Å²) in [5.41, 5.74) is -0.528. The van der Waals surface area contributed by atoms with Crippen molar-refractivity contribution in [3.05, 3.63) is 60.2 Å². The largest absolute Gasteiger partial charge is 0.443 e. The summed E-state index contributed by atoms with van der Waals surface area (Å²) < 4.78 is 35.7. The molecule has 0 aliphatic rings. The van der Waals surface area contributed by atoms with Crippen molar-refractivity contribution in [1.82, 2.24) is 24.3 Å². The molecule has 0 aliphatic carbocycles. The van der Waals surface area contributed by atoms with Gasteiger partial charge in [0.25, 0.3) is 12.3 Å². The summed E-state index contributed by atoms with van der Waals surface area (Å²) in [6, 6.07) is 10.8. The van der Waals surface area contributed by atoms with Crippen molar-refractivity contribution in [3.8, 4) is 11.3 Å². The highest BCUT2D eigenvalue weighted by Gasteiger charge is 2.27. The summed E-state index contributed by atoms with van der Waals surface area (Å²) in [5.74, 6) is -0.138. The molecule has 4 rings (SSSR count). The second-order valence-electron chi connectivity index (χ2n) is 8.89. The molecule has 4 aromatic rings. The third kappa shape index (κ3) is 4.61. The van der Waals surface area contributed by atoms with E-state index in [9.17, 15) is 18.4 Å². The van der Waals surface area contributed by atoms with Crippen LogP contribution in [0.4, 0.5) is 19.4 Å². The lowest BCUT2D eigenvalue weighted by atomic mass is 10.0. The number of hydrogen-bond donors (Lipinski definition) is 0. The van der Waals surface area contributed by atoms with Crippen LogP contribution in [0.15, 0.2) is 48.8 Å². The van der Waals surface area contributed by atoms with E-state index in [1.807, 2.05) is 0 Å². The number of anilines is 1. The Hall–Kier alpha value is -4.15. The number of pyridine rings is 1. The molecule has 0 aliphatic heterocycles. The Labute approximate surface area is 200 Å². The minimum Gasteiger partial charge on any atom is -0.443 e. The third-order valence-electron chi connectivity index (χ3n) is 5.23. The number of ether oxygens (including phenoxy) is 1. The summed E-state index contributed by atoms with van der Waals surface area (Å²) in [5, 5.41) is 4.42. The summed E-state index contributed by atoms with van der Waals surface area (Å²) in [7, 11) is 3.10. The van der Waals surface area contributed by atoms with Crippen molar-refractivity contribution in [3.63, 3.8) is 0 Å². The molecule has 0 spiro atoms. The summed E-state index contributed by atoms with van der Waals surface area (Å²) in [4.78, 5) is 35.9. The zero-order chi connectivity index (χ0) is 25.5. The maximum absolute atomic E-state index is 13.8. The molecule has 1 aromatic carbocycles. The van der Waals surface area contributed by atoms with Crippen LogP contribution in [0.3, 0.4) is 0 Å². The predicted octanol–water partition coefficient (Wildman–Crippen LogP) is 4.83. The van der Waals surface area contributed by atoms with Gasteiger partial charge in [0.2, 0.25) is 5.82 Å². The number of hydrogen-bond acceptors (Lipinski definition) is 6. The van der Waals surface area contributed by atoms with Gasteiger partial charge in [0.05, 0.1) is 5.69 Å². The van der Waals surface area contributed by atoms with Crippen molar-refractivity contribution in [2.24, 2.45) is 7.05 Å². The number of benzene rings is 1. The third-order valence-corrected chi connectivity index (χ3v) is 5.23. The minimum absolute atomic E-state index is 0.100. The molecular formula is C24H24F2N6O3. The molecule has 1 amide bonds. The Morgan fingerprint density at radius 2 is 1.83 bits per heavy atom. The van der Waals surface area contributed by atoms with Gasteiger partial charge in [0.15, 0.2) is 5.65 Å². The fourth-order valence-electron chi connectivity index (χ4n) is 3.61. The predicted molar refractivity (Wildman–Crippen MR) is 125 cm³/mol. The van der Waals surface area contributed by atoms with Crippen LogP contribution in [0.5, 0.6) is 0 Å². The molecule has 3 heterocycles. The van der Waals surface area contributed by atoms with Crippen molar-refractivity contribution < 1.29 is 23.1 Å². The van der Waals surface area contributed by atoms with Gasteiger partial charge in [-0.25, -0.2) is 32.8 Å². The van der Waals surface area contributed by atoms with E-state index in [2.05, 4.69) is 15.1 Å². The number of halogens is 2. The smallest absolute Gasteiger partial charge is 0.420 e. The number of amides is 1. The molecule has 9 nitrogen and oxygen atoms in total. The molecule has 0 radical (unpaired) electrons. The molecule has 0 atom stereocenters. The van der Waals surface area contributed by atoms with Crippen LogP contribution in [0, 0.1) is 0 Å². The van der Waals surface area contributed by atoms with Crippen LogP contribution in [-0.4, -0.2) is 49.0 Å². The van der Waals surface area contributed by atoms with Gasteiger partial charge in [-0.05, 0) is 39.0 Å². The van der Waals surface area contributed by atoms with E-state index in [0.717, 1.165) is 4.57 Å². The number of alkyl halides is 2.